The first-order chi connectivity index (χ1) is 8.97. The van der Waals surface area contributed by atoms with E-state index in [-0.39, 0.29) is 17.6 Å². The maximum atomic E-state index is 12.0. The molecule has 0 fully saturated rings. The fourth-order valence-electron chi connectivity index (χ4n) is 1.55. The average Bonchev–Trinajstić information content (AvgIpc) is 2.83. The number of carbonyl (C=O) groups is 1. The van der Waals surface area contributed by atoms with E-state index in [0.717, 1.165) is 10.0 Å². The van der Waals surface area contributed by atoms with Crippen molar-refractivity contribution in [3.05, 3.63) is 39.9 Å². The first kappa shape index (κ1) is 13.7. The maximum Gasteiger partial charge on any atom is 0.295 e. The van der Waals surface area contributed by atoms with Crippen LogP contribution in [0.5, 0.6) is 0 Å². The van der Waals surface area contributed by atoms with Crippen molar-refractivity contribution in [3.63, 3.8) is 0 Å². The summed E-state index contributed by atoms with van der Waals surface area (Å²) in [7, 11) is 0. The number of anilines is 1. The zero-order valence-corrected chi connectivity index (χ0v) is 12.6. The third kappa shape index (κ3) is 3.20. The molecule has 100 valence electrons. The van der Waals surface area contributed by atoms with Gasteiger partial charge in [0.15, 0.2) is 0 Å². The lowest BCUT2D eigenvalue weighted by molar-refractivity contribution is 0.101. The van der Waals surface area contributed by atoms with E-state index in [1.54, 1.807) is 0 Å². The van der Waals surface area contributed by atoms with E-state index in [1.807, 2.05) is 39.0 Å². The summed E-state index contributed by atoms with van der Waals surface area (Å²) in [4.78, 5) is 16.2. The van der Waals surface area contributed by atoms with Crippen LogP contribution in [0.4, 0.5) is 5.69 Å². The van der Waals surface area contributed by atoms with Gasteiger partial charge < -0.3 is 5.32 Å². The Labute approximate surface area is 120 Å². The monoisotopic (exact) mass is 322 g/mol. The van der Waals surface area contributed by atoms with Crippen LogP contribution in [0.2, 0.25) is 0 Å². The summed E-state index contributed by atoms with van der Waals surface area (Å²) in [5, 5.41) is 9.48. The number of amides is 1. The standard InChI is InChI=1S/C13H15BrN4O/c1-7(2)11-16-12(18-17-11)13(19)15-10-6-8(3)4-5-9(10)14/h4-7H,1-3H3,(H,15,19)(H,16,17,18). The number of nitrogens with one attached hydrogen (secondary N) is 2. The molecule has 0 aliphatic rings. The van der Waals surface area contributed by atoms with Crippen molar-refractivity contribution in [1.29, 1.82) is 0 Å². The molecule has 0 unspecified atom stereocenters. The molecule has 2 N–H and O–H groups in total. The van der Waals surface area contributed by atoms with Crippen molar-refractivity contribution < 1.29 is 4.79 Å². The highest BCUT2D eigenvalue weighted by Gasteiger charge is 2.15. The van der Waals surface area contributed by atoms with Gasteiger partial charge in [-0.1, -0.05) is 19.9 Å². The van der Waals surface area contributed by atoms with Crippen molar-refractivity contribution in [2.24, 2.45) is 0 Å². The van der Waals surface area contributed by atoms with Crippen LogP contribution in [0.15, 0.2) is 22.7 Å². The van der Waals surface area contributed by atoms with Gasteiger partial charge in [0.05, 0.1) is 5.69 Å². The Hall–Kier alpha value is -1.69. The first-order valence-electron chi connectivity index (χ1n) is 5.97. The Bertz CT molecular complexity index is 606. The highest BCUT2D eigenvalue weighted by atomic mass is 79.9. The lowest BCUT2D eigenvalue weighted by Gasteiger charge is -2.06. The first-order valence-corrected chi connectivity index (χ1v) is 6.76. The molecule has 0 bridgehead atoms. The van der Waals surface area contributed by atoms with Gasteiger partial charge in [-0.15, -0.1) is 5.10 Å². The number of aromatic amines is 1. The van der Waals surface area contributed by atoms with Crippen LogP contribution in [-0.2, 0) is 0 Å². The molecule has 0 aliphatic heterocycles. The van der Waals surface area contributed by atoms with E-state index in [0.29, 0.717) is 11.5 Å². The quantitative estimate of drug-likeness (QED) is 0.911. The Balaban J connectivity index is 2.18. The predicted octanol–water partition coefficient (Wildman–Crippen LogP) is 3.25. The van der Waals surface area contributed by atoms with Gasteiger partial charge >= 0.3 is 0 Å². The number of hydrogen-bond acceptors (Lipinski definition) is 3. The molecule has 1 heterocycles. The molecule has 0 saturated carbocycles. The largest absolute Gasteiger partial charge is 0.318 e. The summed E-state index contributed by atoms with van der Waals surface area (Å²) in [5.74, 6) is 0.736. The van der Waals surface area contributed by atoms with E-state index in [1.165, 1.54) is 0 Å². The zero-order valence-electron chi connectivity index (χ0n) is 11.0. The SMILES string of the molecule is Cc1ccc(Br)c(NC(=O)c2n[nH]c(C(C)C)n2)c1. The Morgan fingerprint density at radius 3 is 2.79 bits per heavy atom. The average molecular weight is 323 g/mol. The fraction of sp³-hybridized carbons (Fsp3) is 0.308. The Kier molecular flexibility index (Phi) is 3.99. The summed E-state index contributed by atoms with van der Waals surface area (Å²) in [6.45, 7) is 5.93. The number of aromatic nitrogens is 3. The summed E-state index contributed by atoms with van der Waals surface area (Å²) in [6.07, 6.45) is 0. The van der Waals surface area contributed by atoms with Gasteiger partial charge in [-0.2, -0.15) is 0 Å². The van der Waals surface area contributed by atoms with E-state index in [9.17, 15) is 4.79 Å². The van der Waals surface area contributed by atoms with Crippen LogP contribution >= 0.6 is 15.9 Å². The summed E-state index contributed by atoms with van der Waals surface area (Å²) in [6, 6.07) is 5.74. The van der Waals surface area contributed by atoms with Crippen LogP contribution in [0, 0.1) is 6.92 Å². The summed E-state index contributed by atoms with van der Waals surface area (Å²) in [5.41, 5.74) is 1.78. The number of rotatable bonds is 3. The molecule has 6 heteroatoms. The maximum absolute atomic E-state index is 12.0. The molecule has 0 aliphatic carbocycles. The molecule has 0 atom stereocenters. The molecule has 1 aromatic carbocycles. The van der Waals surface area contributed by atoms with Crippen molar-refractivity contribution in [3.8, 4) is 0 Å². The minimum atomic E-state index is -0.325. The van der Waals surface area contributed by atoms with Crippen LogP contribution in [0.25, 0.3) is 0 Å². The second-order valence-electron chi connectivity index (χ2n) is 4.64. The molecule has 0 radical (unpaired) electrons. The Morgan fingerprint density at radius 1 is 1.42 bits per heavy atom. The number of benzene rings is 1. The molecule has 19 heavy (non-hydrogen) atoms. The van der Waals surface area contributed by atoms with Gasteiger partial charge in [-0.05, 0) is 40.5 Å². The smallest absolute Gasteiger partial charge is 0.295 e. The third-order valence-electron chi connectivity index (χ3n) is 2.62. The zero-order chi connectivity index (χ0) is 14.0. The lowest BCUT2D eigenvalue weighted by atomic mass is 10.2. The predicted molar refractivity (Wildman–Crippen MR) is 77.3 cm³/mol. The van der Waals surface area contributed by atoms with Crippen LogP contribution in [0.3, 0.4) is 0 Å². The molecule has 0 spiro atoms. The second kappa shape index (κ2) is 5.52. The molecule has 0 saturated heterocycles. The highest BCUT2D eigenvalue weighted by molar-refractivity contribution is 9.10. The molecule has 2 aromatic rings. The number of nitrogens with zero attached hydrogens (tertiary/aromatic N) is 2. The summed E-state index contributed by atoms with van der Waals surface area (Å²) >= 11 is 3.40. The highest BCUT2D eigenvalue weighted by Crippen LogP contribution is 2.23. The summed E-state index contributed by atoms with van der Waals surface area (Å²) < 4.78 is 0.825. The van der Waals surface area contributed by atoms with Gasteiger partial charge in [-0.25, -0.2) is 4.98 Å². The topological polar surface area (TPSA) is 70.7 Å². The van der Waals surface area contributed by atoms with Crippen LogP contribution in [0.1, 0.15) is 41.8 Å². The van der Waals surface area contributed by atoms with Gasteiger partial charge in [0.1, 0.15) is 5.82 Å². The minimum Gasteiger partial charge on any atom is -0.318 e. The number of H-pyrrole nitrogens is 1. The van der Waals surface area contributed by atoms with E-state index in [4.69, 9.17) is 0 Å². The van der Waals surface area contributed by atoms with Gasteiger partial charge in [0.25, 0.3) is 5.91 Å². The number of carbonyl (C=O) groups excluding carboxylic acids is 1. The number of hydrogen-bond donors (Lipinski definition) is 2. The van der Waals surface area contributed by atoms with Crippen molar-refractivity contribution in [1.82, 2.24) is 15.2 Å². The normalized spacial score (nSPS) is 10.8. The van der Waals surface area contributed by atoms with Gasteiger partial charge in [0.2, 0.25) is 5.82 Å². The molecule has 1 aromatic heterocycles. The van der Waals surface area contributed by atoms with Crippen molar-refractivity contribution >= 4 is 27.5 Å². The van der Waals surface area contributed by atoms with Gasteiger partial charge in [0, 0.05) is 10.4 Å². The van der Waals surface area contributed by atoms with Crippen LogP contribution in [-0.4, -0.2) is 21.1 Å². The third-order valence-corrected chi connectivity index (χ3v) is 3.31. The fourth-order valence-corrected chi connectivity index (χ4v) is 1.89. The van der Waals surface area contributed by atoms with E-state index >= 15 is 0 Å². The molecule has 1 amide bonds. The van der Waals surface area contributed by atoms with Gasteiger partial charge in [-0.3, -0.25) is 9.89 Å². The molecule has 5 nitrogen and oxygen atoms in total. The number of halogens is 1. The van der Waals surface area contributed by atoms with E-state index in [2.05, 4.69) is 36.4 Å². The number of aryl methyl sites for hydroxylation is 1. The minimum absolute atomic E-state index is 0.150. The lowest BCUT2D eigenvalue weighted by Crippen LogP contribution is -2.14. The molecular weight excluding hydrogens is 308 g/mol. The van der Waals surface area contributed by atoms with Crippen molar-refractivity contribution in [2.75, 3.05) is 5.32 Å². The second-order valence-corrected chi connectivity index (χ2v) is 5.49. The van der Waals surface area contributed by atoms with E-state index < -0.39 is 0 Å². The Morgan fingerprint density at radius 2 is 2.16 bits per heavy atom. The van der Waals surface area contributed by atoms with Crippen LogP contribution < -0.4 is 5.32 Å². The molecule has 2 rings (SSSR count). The van der Waals surface area contributed by atoms with Crippen molar-refractivity contribution in [2.45, 2.75) is 26.7 Å². The molecular formula is C13H15BrN4O.